The molecule has 12 heteroatoms. The molecule has 0 bridgehead atoms. The number of anilines is 1. The highest BCUT2D eigenvalue weighted by molar-refractivity contribution is 7.76. The van der Waals surface area contributed by atoms with Gasteiger partial charge in [0.1, 0.15) is 18.3 Å². The number of hydrogen-bond acceptors (Lipinski definition) is 7. The summed E-state index contributed by atoms with van der Waals surface area (Å²) in [5, 5.41) is 22.5. The van der Waals surface area contributed by atoms with Gasteiger partial charge < -0.3 is 20.1 Å². The summed E-state index contributed by atoms with van der Waals surface area (Å²) in [6.07, 6.45) is 0. The van der Waals surface area contributed by atoms with Crippen molar-refractivity contribution in [2.45, 2.75) is 26.8 Å². The van der Waals surface area contributed by atoms with Crippen molar-refractivity contribution < 1.29 is 28.2 Å². The summed E-state index contributed by atoms with van der Waals surface area (Å²) < 4.78 is 28.4. The number of nitrogens with one attached hydrogen (secondary N) is 1. The molecule has 2 aromatic carbocycles. The van der Waals surface area contributed by atoms with Crippen LogP contribution in [0.2, 0.25) is 0 Å². The van der Waals surface area contributed by atoms with Crippen molar-refractivity contribution in [2.24, 2.45) is 5.92 Å². The lowest BCUT2D eigenvalue weighted by atomic mass is 10.1. The van der Waals surface area contributed by atoms with Crippen LogP contribution in [0.15, 0.2) is 42.5 Å². The summed E-state index contributed by atoms with van der Waals surface area (Å²) in [6, 6.07) is 13.5. The number of amides is 1. The van der Waals surface area contributed by atoms with Crippen LogP contribution in [0.1, 0.15) is 42.3 Å². The second-order valence-electron chi connectivity index (χ2n) is 9.28. The van der Waals surface area contributed by atoms with Crippen molar-refractivity contribution in [1.29, 1.82) is 5.26 Å². The summed E-state index contributed by atoms with van der Waals surface area (Å²) in [5.74, 6) is 4.68. The smallest absolute Gasteiger partial charge is 0.323 e. The number of rotatable bonds is 10. The van der Waals surface area contributed by atoms with Gasteiger partial charge in [0.15, 0.2) is 0 Å². The molecule has 1 aliphatic rings. The number of carboxylic acid groups (broad SMARTS) is 1. The van der Waals surface area contributed by atoms with Crippen LogP contribution in [-0.4, -0.2) is 80.5 Å². The first-order chi connectivity index (χ1) is 19.2. The van der Waals surface area contributed by atoms with Crippen molar-refractivity contribution in [3.05, 3.63) is 59.2 Å². The zero-order valence-electron chi connectivity index (χ0n) is 22.7. The normalized spacial score (nSPS) is 15.1. The Labute approximate surface area is 236 Å². The summed E-state index contributed by atoms with van der Waals surface area (Å²) in [4.78, 5) is 26.3. The topological polar surface area (TPSA) is 146 Å². The summed E-state index contributed by atoms with van der Waals surface area (Å²) in [7, 11) is 0. The number of carboxylic acids is 1. The van der Waals surface area contributed by atoms with Crippen LogP contribution in [-0.2, 0) is 16.1 Å². The average molecular weight is 568 g/mol. The molecule has 0 saturated carbocycles. The predicted octanol–water partition coefficient (Wildman–Crippen LogP) is 2.32. The van der Waals surface area contributed by atoms with Crippen LogP contribution >= 0.6 is 0 Å². The number of aliphatic carboxylic acids is 1. The number of ether oxygens (including phenoxy) is 1. The van der Waals surface area contributed by atoms with E-state index in [0.29, 0.717) is 49.7 Å². The van der Waals surface area contributed by atoms with Crippen molar-refractivity contribution in [3.8, 4) is 23.7 Å². The van der Waals surface area contributed by atoms with E-state index in [2.05, 4.69) is 22.1 Å². The third-order valence-electron chi connectivity index (χ3n) is 6.25. The molecule has 1 aliphatic heterocycles. The second kappa shape index (κ2) is 14.4. The van der Waals surface area contributed by atoms with E-state index in [-0.39, 0.29) is 12.5 Å². The third kappa shape index (κ3) is 7.81. The lowest BCUT2D eigenvalue weighted by Gasteiger charge is -2.42. The minimum absolute atomic E-state index is 0.109. The monoisotopic (exact) mass is 567 g/mol. The maximum absolute atomic E-state index is 12.4. The van der Waals surface area contributed by atoms with Gasteiger partial charge in [0.2, 0.25) is 11.3 Å². The molecule has 3 rings (SSSR count). The molecule has 0 aromatic heterocycles. The van der Waals surface area contributed by atoms with E-state index in [0.717, 1.165) is 15.7 Å². The van der Waals surface area contributed by atoms with Gasteiger partial charge in [0.25, 0.3) is 5.91 Å². The van der Waals surface area contributed by atoms with Crippen LogP contribution < -0.4 is 15.0 Å². The maximum atomic E-state index is 12.4. The molecule has 0 radical (unpaired) electrons. The highest BCUT2D eigenvalue weighted by Crippen LogP contribution is 2.23. The quantitative estimate of drug-likeness (QED) is 0.224. The molecule has 0 spiro atoms. The Morgan fingerprint density at radius 3 is 2.27 bits per heavy atom. The third-order valence-corrected chi connectivity index (χ3v) is 7.03. The second-order valence-corrected chi connectivity index (χ2v) is 10.1. The molecular weight excluding hydrogens is 534 g/mol. The number of hydrazine groups is 1. The molecular formula is C28H33N5O6S. The average Bonchev–Trinajstić information content (AvgIpc) is 2.94. The molecule has 3 N–H and O–H groups in total. The van der Waals surface area contributed by atoms with Gasteiger partial charge in [-0.1, -0.05) is 25.7 Å². The predicted molar refractivity (Wildman–Crippen MR) is 151 cm³/mol. The van der Waals surface area contributed by atoms with Gasteiger partial charge in [-0.15, -0.1) is 4.41 Å². The van der Waals surface area contributed by atoms with Crippen molar-refractivity contribution in [2.75, 3.05) is 44.2 Å². The first-order valence-electron chi connectivity index (χ1n) is 12.8. The lowest BCUT2D eigenvalue weighted by Crippen LogP contribution is -2.60. The standard InChI is InChI=1S/C28H33N5O6S/c1-4-39-25-12-9-22(19-24(25)27(34)30-14-13-29)6-5-21-7-10-23(11-8-21)31-15-17-32(18-16-31)33(40(37)38)26(20(2)3)28(35)36/h7-12,19-20,26H,4,14-18H2,1-3H3,(H,30,34)(H,35,36)(H,37,38). The number of nitrogens with zero attached hydrogens (tertiary/aromatic N) is 4. The Kier molecular flexibility index (Phi) is 11.1. The highest BCUT2D eigenvalue weighted by Gasteiger charge is 2.38. The van der Waals surface area contributed by atoms with E-state index in [1.165, 1.54) is 0 Å². The molecule has 2 aromatic rings. The van der Waals surface area contributed by atoms with Crippen LogP contribution in [0.5, 0.6) is 5.75 Å². The summed E-state index contributed by atoms with van der Waals surface area (Å²) >= 11 is -2.46. The molecule has 11 nitrogen and oxygen atoms in total. The lowest BCUT2D eigenvalue weighted by molar-refractivity contribution is -0.148. The van der Waals surface area contributed by atoms with Gasteiger partial charge in [-0.2, -0.15) is 5.26 Å². The van der Waals surface area contributed by atoms with Gasteiger partial charge in [0, 0.05) is 43.0 Å². The zero-order valence-corrected chi connectivity index (χ0v) is 23.5. The Bertz CT molecular complexity index is 1320. The fourth-order valence-corrected chi connectivity index (χ4v) is 5.23. The van der Waals surface area contributed by atoms with Gasteiger partial charge in [-0.25, -0.2) is 9.22 Å². The molecule has 0 aliphatic carbocycles. The first-order valence-corrected chi connectivity index (χ1v) is 13.9. The van der Waals surface area contributed by atoms with E-state index >= 15 is 0 Å². The van der Waals surface area contributed by atoms with Crippen molar-refractivity contribution >= 4 is 28.8 Å². The van der Waals surface area contributed by atoms with Crippen LogP contribution in [0.3, 0.4) is 0 Å². The number of carbonyl (C=O) groups excluding carboxylic acids is 1. The minimum Gasteiger partial charge on any atom is -0.493 e. The largest absolute Gasteiger partial charge is 0.493 e. The van der Waals surface area contributed by atoms with Crippen LogP contribution in [0.25, 0.3) is 0 Å². The molecule has 212 valence electrons. The minimum atomic E-state index is -2.46. The van der Waals surface area contributed by atoms with E-state index in [1.54, 1.807) is 37.1 Å². The van der Waals surface area contributed by atoms with Gasteiger partial charge in [-0.05, 0) is 55.3 Å². The molecule has 2 unspecified atom stereocenters. The molecule has 1 saturated heterocycles. The highest BCUT2D eigenvalue weighted by atomic mass is 32.2. The van der Waals surface area contributed by atoms with Gasteiger partial charge >= 0.3 is 5.97 Å². The zero-order chi connectivity index (χ0) is 29.2. The SMILES string of the molecule is CCOc1ccc(C#Cc2ccc(N3CCN(N(C(C(=O)O)C(C)C)S(=O)O)CC3)cc2)cc1C(=O)NCC#N. The number of nitriles is 1. The molecule has 1 heterocycles. The van der Waals surface area contributed by atoms with E-state index in [9.17, 15) is 23.5 Å². The Hall–Kier alpha value is -3.94. The first kappa shape index (κ1) is 30.6. The summed E-state index contributed by atoms with van der Waals surface area (Å²) in [5.41, 5.74) is 2.66. The van der Waals surface area contributed by atoms with Gasteiger partial charge in [0.05, 0.1) is 18.2 Å². The fourth-order valence-electron chi connectivity index (χ4n) is 4.34. The van der Waals surface area contributed by atoms with Crippen LogP contribution in [0.4, 0.5) is 5.69 Å². The maximum Gasteiger partial charge on any atom is 0.323 e. The Balaban J connectivity index is 1.68. The number of benzene rings is 2. The van der Waals surface area contributed by atoms with E-state index < -0.39 is 29.2 Å². The van der Waals surface area contributed by atoms with E-state index in [1.807, 2.05) is 37.3 Å². The molecule has 2 atom stereocenters. The number of hydrogen-bond donors (Lipinski definition) is 3. The van der Waals surface area contributed by atoms with Crippen LogP contribution in [0, 0.1) is 29.1 Å². The Morgan fingerprint density at radius 1 is 1.10 bits per heavy atom. The molecule has 1 amide bonds. The Morgan fingerprint density at radius 2 is 1.73 bits per heavy atom. The van der Waals surface area contributed by atoms with Crippen molar-refractivity contribution in [3.63, 3.8) is 0 Å². The van der Waals surface area contributed by atoms with Gasteiger partial charge in [-0.3, -0.25) is 14.1 Å². The number of piperazine rings is 1. The van der Waals surface area contributed by atoms with E-state index in [4.69, 9.17) is 10.00 Å². The van der Waals surface area contributed by atoms with Crippen molar-refractivity contribution in [1.82, 2.24) is 14.7 Å². The molecule has 1 fully saturated rings. The number of carbonyl (C=O) groups is 2. The summed E-state index contributed by atoms with van der Waals surface area (Å²) in [6.45, 7) is 7.41. The fraction of sp³-hybridized carbons (Fsp3) is 0.393. The molecule has 40 heavy (non-hydrogen) atoms.